The molecular formula is C20H24N2. The number of aliphatic imine (C=N–C) groups is 1. The van der Waals surface area contributed by atoms with Crippen molar-refractivity contribution in [3.05, 3.63) is 71.3 Å². The minimum Gasteiger partial charge on any atom is -0.298 e. The van der Waals surface area contributed by atoms with E-state index in [1.165, 1.54) is 22.4 Å². The Morgan fingerprint density at radius 3 is 2.23 bits per heavy atom. The zero-order chi connectivity index (χ0) is 15.2. The van der Waals surface area contributed by atoms with Gasteiger partial charge in [-0.05, 0) is 30.9 Å². The number of rotatable bonds is 4. The Morgan fingerprint density at radius 2 is 1.55 bits per heavy atom. The fourth-order valence-electron chi connectivity index (χ4n) is 2.87. The summed E-state index contributed by atoms with van der Waals surface area (Å²) in [5, 5.41) is 0. The van der Waals surface area contributed by atoms with Crippen LogP contribution in [-0.4, -0.2) is 23.7 Å². The van der Waals surface area contributed by atoms with Gasteiger partial charge in [-0.1, -0.05) is 60.2 Å². The summed E-state index contributed by atoms with van der Waals surface area (Å²) in [6, 6.07) is 19.4. The first-order chi connectivity index (χ1) is 10.8. The number of hydrogen-bond donors (Lipinski definition) is 0. The van der Waals surface area contributed by atoms with Gasteiger partial charge in [0.1, 0.15) is 0 Å². The number of hydrogen-bond acceptors (Lipinski definition) is 2. The van der Waals surface area contributed by atoms with E-state index in [-0.39, 0.29) is 0 Å². The van der Waals surface area contributed by atoms with Crippen LogP contribution in [0.3, 0.4) is 0 Å². The number of nitrogens with zero attached hydrogens (tertiary/aromatic N) is 2. The van der Waals surface area contributed by atoms with Crippen LogP contribution in [0.25, 0.3) is 0 Å². The molecule has 22 heavy (non-hydrogen) atoms. The van der Waals surface area contributed by atoms with E-state index in [0.717, 1.165) is 39.0 Å². The predicted molar refractivity (Wildman–Crippen MR) is 93.3 cm³/mol. The lowest BCUT2D eigenvalue weighted by Crippen LogP contribution is -2.33. The van der Waals surface area contributed by atoms with Gasteiger partial charge < -0.3 is 0 Å². The summed E-state index contributed by atoms with van der Waals surface area (Å²) >= 11 is 0. The highest BCUT2D eigenvalue weighted by Crippen LogP contribution is 2.13. The van der Waals surface area contributed by atoms with Crippen LogP contribution >= 0.6 is 0 Å². The third kappa shape index (κ3) is 4.28. The number of aryl methyl sites for hydroxylation is 1. The highest BCUT2D eigenvalue weighted by atomic mass is 15.1. The third-order valence-electron chi connectivity index (χ3n) is 4.29. The summed E-state index contributed by atoms with van der Waals surface area (Å²) in [6.45, 7) is 6.27. The quantitative estimate of drug-likeness (QED) is 0.823. The van der Waals surface area contributed by atoms with E-state index in [1.54, 1.807) is 0 Å². The zero-order valence-corrected chi connectivity index (χ0v) is 13.3. The molecule has 2 heteroatoms. The first-order valence-electron chi connectivity index (χ1n) is 8.13. The lowest BCUT2D eigenvalue weighted by Gasteiger charge is -2.27. The Balaban J connectivity index is 1.49. The predicted octanol–water partition coefficient (Wildman–Crippen LogP) is 4.23. The Kier molecular flexibility index (Phi) is 5.02. The molecule has 2 nitrogen and oxygen atoms in total. The molecule has 0 saturated carbocycles. The van der Waals surface area contributed by atoms with E-state index in [0.29, 0.717) is 0 Å². The minimum absolute atomic E-state index is 0.828. The van der Waals surface area contributed by atoms with Crippen LogP contribution in [-0.2, 0) is 13.1 Å². The minimum atomic E-state index is 0.828. The summed E-state index contributed by atoms with van der Waals surface area (Å²) in [5.74, 6) is 0. The molecule has 114 valence electrons. The fraction of sp³-hybridized carbons (Fsp3) is 0.350. The van der Waals surface area contributed by atoms with E-state index in [2.05, 4.69) is 66.4 Å². The third-order valence-corrected chi connectivity index (χ3v) is 4.29. The molecule has 0 aromatic heterocycles. The molecule has 0 radical (unpaired) electrons. The topological polar surface area (TPSA) is 15.6 Å². The monoisotopic (exact) mass is 292 g/mol. The zero-order valence-electron chi connectivity index (χ0n) is 13.3. The van der Waals surface area contributed by atoms with Gasteiger partial charge >= 0.3 is 0 Å². The normalized spacial score (nSPS) is 15.8. The molecule has 0 atom stereocenters. The maximum Gasteiger partial charge on any atom is 0.0639 e. The molecular weight excluding hydrogens is 268 g/mol. The van der Waals surface area contributed by atoms with Gasteiger partial charge in [-0.15, -0.1) is 0 Å². The van der Waals surface area contributed by atoms with Gasteiger partial charge in [0.15, 0.2) is 0 Å². The Morgan fingerprint density at radius 1 is 0.864 bits per heavy atom. The molecule has 1 heterocycles. The lowest BCUT2D eigenvalue weighted by molar-refractivity contribution is 0.266. The number of benzene rings is 2. The molecule has 0 unspecified atom stereocenters. The average Bonchev–Trinajstić information content (AvgIpc) is 2.57. The molecule has 0 aliphatic carbocycles. The van der Waals surface area contributed by atoms with Crippen molar-refractivity contribution in [1.29, 1.82) is 0 Å². The van der Waals surface area contributed by atoms with Crippen LogP contribution in [0, 0.1) is 6.92 Å². The van der Waals surface area contributed by atoms with Crippen molar-refractivity contribution in [3.63, 3.8) is 0 Å². The van der Waals surface area contributed by atoms with Crippen molar-refractivity contribution in [2.45, 2.75) is 32.9 Å². The van der Waals surface area contributed by atoms with Crippen molar-refractivity contribution in [2.75, 3.05) is 13.1 Å². The van der Waals surface area contributed by atoms with Crippen LogP contribution in [0.2, 0.25) is 0 Å². The van der Waals surface area contributed by atoms with E-state index in [4.69, 9.17) is 4.99 Å². The highest BCUT2D eigenvalue weighted by Gasteiger charge is 2.14. The maximum absolute atomic E-state index is 4.81. The first kappa shape index (κ1) is 15.0. The molecule has 1 saturated heterocycles. The number of piperidine rings is 1. The summed E-state index contributed by atoms with van der Waals surface area (Å²) in [5.41, 5.74) is 5.41. The molecule has 0 spiro atoms. The first-order valence-corrected chi connectivity index (χ1v) is 8.13. The van der Waals surface area contributed by atoms with Crippen molar-refractivity contribution in [2.24, 2.45) is 4.99 Å². The van der Waals surface area contributed by atoms with E-state index in [1.807, 2.05) is 0 Å². The molecule has 2 aromatic rings. The van der Waals surface area contributed by atoms with E-state index in [9.17, 15) is 0 Å². The molecule has 0 amide bonds. The van der Waals surface area contributed by atoms with Crippen molar-refractivity contribution in [3.8, 4) is 0 Å². The van der Waals surface area contributed by atoms with Crippen LogP contribution in [0.4, 0.5) is 0 Å². The Bertz CT molecular complexity index is 604. The molecule has 1 aliphatic rings. The summed E-state index contributed by atoms with van der Waals surface area (Å²) in [6.07, 6.45) is 2.22. The molecule has 3 rings (SSSR count). The molecule has 2 aromatic carbocycles. The number of likely N-dealkylation sites (tertiary alicyclic amines) is 1. The van der Waals surface area contributed by atoms with Crippen LogP contribution in [0.15, 0.2) is 59.6 Å². The second-order valence-electron chi connectivity index (χ2n) is 6.13. The highest BCUT2D eigenvalue weighted by molar-refractivity contribution is 5.85. The largest absolute Gasteiger partial charge is 0.298 e. The van der Waals surface area contributed by atoms with Gasteiger partial charge in [0.05, 0.1) is 6.54 Å². The maximum atomic E-state index is 4.81. The summed E-state index contributed by atoms with van der Waals surface area (Å²) < 4.78 is 0. The average molecular weight is 292 g/mol. The molecule has 1 aliphatic heterocycles. The van der Waals surface area contributed by atoms with Crippen LogP contribution < -0.4 is 0 Å². The Labute approximate surface area is 133 Å². The van der Waals surface area contributed by atoms with Gasteiger partial charge in [-0.3, -0.25) is 9.89 Å². The van der Waals surface area contributed by atoms with Gasteiger partial charge in [0.2, 0.25) is 0 Å². The summed E-state index contributed by atoms with van der Waals surface area (Å²) in [7, 11) is 0. The second-order valence-corrected chi connectivity index (χ2v) is 6.13. The van der Waals surface area contributed by atoms with Crippen molar-refractivity contribution >= 4 is 5.71 Å². The van der Waals surface area contributed by atoms with Crippen LogP contribution in [0.1, 0.15) is 29.5 Å². The van der Waals surface area contributed by atoms with E-state index >= 15 is 0 Å². The van der Waals surface area contributed by atoms with E-state index < -0.39 is 0 Å². The Hall–Kier alpha value is -1.93. The molecule has 0 N–H and O–H groups in total. The fourth-order valence-corrected chi connectivity index (χ4v) is 2.87. The van der Waals surface area contributed by atoms with Gasteiger partial charge in [0, 0.05) is 25.3 Å². The smallest absolute Gasteiger partial charge is 0.0639 e. The molecule has 0 bridgehead atoms. The van der Waals surface area contributed by atoms with Gasteiger partial charge in [-0.25, -0.2) is 0 Å². The summed E-state index contributed by atoms with van der Waals surface area (Å²) in [4.78, 5) is 7.34. The second kappa shape index (κ2) is 7.37. The standard InChI is InChI=1S/C20H24N2/c1-17-7-9-18(10-8-17)15-21-20-11-13-22(14-12-20)16-19-5-3-2-4-6-19/h2-10H,11-16H2,1H3. The van der Waals surface area contributed by atoms with Crippen molar-refractivity contribution < 1.29 is 0 Å². The molecule has 1 fully saturated rings. The lowest BCUT2D eigenvalue weighted by atomic mass is 10.1. The SMILES string of the molecule is Cc1ccc(CN=C2CCN(Cc3ccccc3)CC2)cc1. The van der Waals surface area contributed by atoms with Crippen molar-refractivity contribution in [1.82, 2.24) is 4.90 Å². The van der Waals surface area contributed by atoms with Gasteiger partial charge in [-0.2, -0.15) is 0 Å². The van der Waals surface area contributed by atoms with Crippen LogP contribution in [0.5, 0.6) is 0 Å². The van der Waals surface area contributed by atoms with Gasteiger partial charge in [0.25, 0.3) is 0 Å².